The summed E-state index contributed by atoms with van der Waals surface area (Å²) in [4.78, 5) is 13.7. The molecular weight excluding hydrogens is 249 g/mol. The third-order valence-electron chi connectivity index (χ3n) is 2.76. The predicted octanol–water partition coefficient (Wildman–Crippen LogP) is 3.43. The van der Waals surface area contributed by atoms with Crippen LogP contribution in [0.1, 0.15) is 25.7 Å². The van der Waals surface area contributed by atoms with E-state index in [1.807, 2.05) is 19.9 Å². The SMILES string of the molecule is Cc1cc(C(=O)NCc2ccc(F)cc2)sc1C. The summed E-state index contributed by atoms with van der Waals surface area (Å²) in [5.41, 5.74) is 2.02. The van der Waals surface area contributed by atoms with Gasteiger partial charge in [-0.15, -0.1) is 11.3 Å². The Morgan fingerprint density at radius 1 is 1.28 bits per heavy atom. The van der Waals surface area contributed by atoms with Crippen LogP contribution in [0.4, 0.5) is 4.39 Å². The molecule has 0 fully saturated rings. The van der Waals surface area contributed by atoms with Gasteiger partial charge in [0.05, 0.1) is 4.88 Å². The van der Waals surface area contributed by atoms with Crippen LogP contribution in [0, 0.1) is 19.7 Å². The molecule has 0 aliphatic heterocycles. The van der Waals surface area contributed by atoms with Gasteiger partial charge in [0.25, 0.3) is 5.91 Å². The van der Waals surface area contributed by atoms with E-state index in [1.165, 1.54) is 23.5 Å². The first-order valence-electron chi connectivity index (χ1n) is 5.66. The molecule has 2 rings (SSSR count). The number of nitrogens with one attached hydrogen (secondary N) is 1. The molecule has 4 heteroatoms. The van der Waals surface area contributed by atoms with Crippen molar-refractivity contribution >= 4 is 17.2 Å². The Morgan fingerprint density at radius 2 is 1.94 bits per heavy atom. The van der Waals surface area contributed by atoms with Gasteiger partial charge in [0.2, 0.25) is 0 Å². The molecule has 0 spiro atoms. The van der Waals surface area contributed by atoms with Crippen molar-refractivity contribution in [2.24, 2.45) is 0 Å². The second-order valence-corrected chi connectivity index (χ2v) is 5.42. The van der Waals surface area contributed by atoms with Gasteiger partial charge < -0.3 is 5.32 Å². The number of carbonyl (C=O) groups is 1. The summed E-state index contributed by atoms with van der Waals surface area (Å²) in [6.45, 7) is 4.40. The number of hydrogen-bond acceptors (Lipinski definition) is 2. The second-order valence-electron chi connectivity index (χ2n) is 4.16. The first-order valence-corrected chi connectivity index (χ1v) is 6.47. The number of halogens is 1. The van der Waals surface area contributed by atoms with E-state index < -0.39 is 0 Å². The monoisotopic (exact) mass is 263 g/mol. The summed E-state index contributed by atoms with van der Waals surface area (Å²) < 4.78 is 12.7. The maximum atomic E-state index is 12.7. The molecule has 2 aromatic rings. The number of benzene rings is 1. The van der Waals surface area contributed by atoms with E-state index in [2.05, 4.69) is 5.32 Å². The third kappa shape index (κ3) is 2.96. The van der Waals surface area contributed by atoms with E-state index in [-0.39, 0.29) is 11.7 Å². The molecule has 0 aliphatic rings. The molecule has 1 aromatic heterocycles. The average molecular weight is 263 g/mol. The fourth-order valence-electron chi connectivity index (χ4n) is 1.56. The van der Waals surface area contributed by atoms with E-state index in [1.54, 1.807) is 12.1 Å². The molecule has 0 radical (unpaired) electrons. The van der Waals surface area contributed by atoms with Gasteiger partial charge in [-0.05, 0) is 43.2 Å². The third-order valence-corrected chi connectivity index (χ3v) is 3.91. The van der Waals surface area contributed by atoms with Gasteiger partial charge in [0, 0.05) is 11.4 Å². The zero-order chi connectivity index (χ0) is 13.1. The van der Waals surface area contributed by atoms with Crippen LogP contribution in [0.25, 0.3) is 0 Å². The molecule has 1 N–H and O–H groups in total. The number of thiophene rings is 1. The lowest BCUT2D eigenvalue weighted by Gasteiger charge is -2.03. The second kappa shape index (κ2) is 5.31. The zero-order valence-electron chi connectivity index (χ0n) is 10.3. The molecule has 0 aliphatic carbocycles. The standard InChI is InChI=1S/C14H14FNOS/c1-9-7-13(18-10(9)2)14(17)16-8-11-3-5-12(15)6-4-11/h3-7H,8H2,1-2H3,(H,16,17). The number of hydrogen-bond donors (Lipinski definition) is 1. The molecule has 0 atom stereocenters. The van der Waals surface area contributed by atoms with Gasteiger partial charge in [-0.3, -0.25) is 4.79 Å². The van der Waals surface area contributed by atoms with Crippen LogP contribution in [0.2, 0.25) is 0 Å². The van der Waals surface area contributed by atoms with Crippen LogP contribution in [0.15, 0.2) is 30.3 Å². The number of amides is 1. The van der Waals surface area contributed by atoms with Gasteiger partial charge in [0.15, 0.2) is 0 Å². The van der Waals surface area contributed by atoms with E-state index >= 15 is 0 Å². The minimum atomic E-state index is -0.269. The van der Waals surface area contributed by atoms with E-state index in [9.17, 15) is 9.18 Å². The van der Waals surface area contributed by atoms with E-state index in [4.69, 9.17) is 0 Å². The molecular formula is C14H14FNOS. The number of carbonyl (C=O) groups excluding carboxylic acids is 1. The summed E-state index contributed by atoms with van der Waals surface area (Å²) in [6.07, 6.45) is 0. The van der Waals surface area contributed by atoms with Crippen LogP contribution in [-0.2, 0) is 6.54 Å². The molecule has 0 unspecified atom stereocenters. The lowest BCUT2D eigenvalue weighted by atomic mass is 10.2. The number of aryl methyl sites for hydroxylation is 2. The molecule has 0 saturated heterocycles. The van der Waals surface area contributed by atoms with E-state index in [0.717, 1.165) is 16.0 Å². The van der Waals surface area contributed by atoms with Crippen molar-refractivity contribution in [2.75, 3.05) is 0 Å². The number of rotatable bonds is 3. The smallest absolute Gasteiger partial charge is 0.261 e. The van der Waals surface area contributed by atoms with Crippen molar-refractivity contribution in [3.05, 3.63) is 57.0 Å². The van der Waals surface area contributed by atoms with Crippen molar-refractivity contribution in [3.63, 3.8) is 0 Å². The van der Waals surface area contributed by atoms with Crippen molar-refractivity contribution < 1.29 is 9.18 Å². The quantitative estimate of drug-likeness (QED) is 0.903. The Morgan fingerprint density at radius 3 is 2.50 bits per heavy atom. The topological polar surface area (TPSA) is 29.1 Å². The highest BCUT2D eigenvalue weighted by molar-refractivity contribution is 7.14. The van der Waals surface area contributed by atoms with Crippen LogP contribution in [0.5, 0.6) is 0 Å². The van der Waals surface area contributed by atoms with Gasteiger partial charge in [-0.2, -0.15) is 0 Å². The van der Waals surface area contributed by atoms with Crippen molar-refractivity contribution in [2.45, 2.75) is 20.4 Å². The minimum Gasteiger partial charge on any atom is -0.347 e. The van der Waals surface area contributed by atoms with Crippen LogP contribution < -0.4 is 5.32 Å². The Labute approximate surface area is 109 Å². The van der Waals surface area contributed by atoms with Crippen LogP contribution >= 0.6 is 11.3 Å². The lowest BCUT2D eigenvalue weighted by molar-refractivity contribution is 0.0955. The van der Waals surface area contributed by atoms with Crippen LogP contribution in [0.3, 0.4) is 0 Å². The summed E-state index contributed by atoms with van der Waals surface area (Å²) in [5, 5.41) is 2.82. The average Bonchev–Trinajstić information content (AvgIpc) is 2.69. The highest BCUT2D eigenvalue weighted by atomic mass is 32.1. The lowest BCUT2D eigenvalue weighted by Crippen LogP contribution is -2.21. The highest BCUT2D eigenvalue weighted by Crippen LogP contribution is 2.20. The van der Waals surface area contributed by atoms with Crippen molar-refractivity contribution in [1.82, 2.24) is 5.32 Å². The predicted molar refractivity (Wildman–Crippen MR) is 71.4 cm³/mol. The molecule has 1 amide bonds. The molecule has 1 heterocycles. The largest absolute Gasteiger partial charge is 0.347 e. The van der Waals surface area contributed by atoms with Gasteiger partial charge in [-0.25, -0.2) is 4.39 Å². The van der Waals surface area contributed by atoms with Gasteiger partial charge >= 0.3 is 0 Å². The van der Waals surface area contributed by atoms with Crippen molar-refractivity contribution in [3.8, 4) is 0 Å². The highest BCUT2D eigenvalue weighted by Gasteiger charge is 2.09. The first kappa shape index (κ1) is 12.8. The molecule has 2 nitrogen and oxygen atoms in total. The molecule has 18 heavy (non-hydrogen) atoms. The van der Waals surface area contributed by atoms with Crippen LogP contribution in [-0.4, -0.2) is 5.91 Å². The molecule has 0 saturated carbocycles. The Bertz CT molecular complexity index is 540. The molecule has 0 bridgehead atoms. The van der Waals surface area contributed by atoms with E-state index in [0.29, 0.717) is 11.4 Å². The summed E-state index contributed by atoms with van der Waals surface area (Å²) in [5.74, 6) is -0.352. The Kier molecular flexibility index (Phi) is 3.77. The Hall–Kier alpha value is -1.68. The Balaban J connectivity index is 1.98. The normalized spacial score (nSPS) is 10.4. The van der Waals surface area contributed by atoms with Gasteiger partial charge in [0.1, 0.15) is 5.82 Å². The zero-order valence-corrected chi connectivity index (χ0v) is 11.1. The maximum Gasteiger partial charge on any atom is 0.261 e. The summed E-state index contributed by atoms with van der Waals surface area (Å²) in [7, 11) is 0. The summed E-state index contributed by atoms with van der Waals surface area (Å²) >= 11 is 1.49. The molecule has 94 valence electrons. The maximum absolute atomic E-state index is 12.7. The summed E-state index contributed by atoms with van der Waals surface area (Å²) in [6, 6.07) is 8.00. The fourth-order valence-corrected chi connectivity index (χ4v) is 2.51. The fraction of sp³-hybridized carbons (Fsp3) is 0.214. The first-order chi connectivity index (χ1) is 8.56. The minimum absolute atomic E-state index is 0.0828. The van der Waals surface area contributed by atoms with Crippen molar-refractivity contribution in [1.29, 1.82) is 0 Å². The van der Waals surface area contributed by atoms with Gasteiger partial charge in [-0.1, -0.05) is 12.1 Å². The molecule has 1 aromatic carbocycles.